The van der Waals surface area contributed by atoms with Gasteiger partial charge >= 0.3 is 0 Å². The number of fused-ring (bicyclic) bond motifs is 1. The maximum absolute atomic E-state index is 12.7. The molecule has 0 aliphatic carbocycles. The second kappa shape index (κ2) is 9.37. The third kappa shape index (κ3) is 5.43. The Morgan fingerprint density at radius 2 is 1.94 bits per heavy atom. The van der Waals surface area contributed by atoms with Crippen LogP contribution < -0.4 is 5.32 Å². The maximum Gasteiger partial charge on any atom is 0.223 e. The molecule has 1 fully saturated rings. The predicted octanol–water partition coefficient (Wildman–Crippen LogP) is 4.05. The van der Waals surface area contributed by atoms with Crippen LogP contribution in [0.5, 0.6) is 0 Å². The van der Waals surface area contributed by atoms with Gasteiger partial charge in [0.2, 0.25) is 11.8 Å². The van der Waals surface area contributed by atoms with Crippen molar-refractivity contribution in [3.63, 3.8) is 0 Å². The van der Waals surface area contributed by atoms with Crippen molar-refractivity contribution in [2.45, 2.75) is 98.1 Å². The molecule has 2 amide bonds. The van der Waals surface area contributed by atoms with E-state index in [2.05, 4.69) is 5.32 Å². The maximum atomic E-state index is 12.7. The summed E-state index contributed by atoms with van der Waals surface area (Å²) in [5.74, 6) is 0.260. The monoisotopic (exact) mass is 427 g/mol. The van der Waals surface area contributed by atoms with Crippen LogP contribution in [-0.4, -0.2) is 43.4 Å². The molecule has 1 atom stereocenters. The van der Waals surface area contributed by atoms with Gasteiger partial charge in [-0.15, -0.1) is 0 Å². The first kappa shape index (κ1) is 23.2. The molecule has 3 rings (SSSR count). The molecule has 0 radical (unpaired) electrons. The standard InChI is InChI=1S/C24H37N5O2/c1-7-10-23(31)28-14-9-8-11-20(28)19-15-21-25-16(2)18(17(3)29(21)27-19)12-13-22(30)26-24(4,5)6/h15,20H,7-14H2,1-6H3,(H,26,30)/t20-/m0/s1. The van der Waals surface area contributed by atoms with Crippen LogP contribution in [0.25, 0.3) is 5.65 Å². The lowest BCUT2D eigenvalue weighted by Gasteiger charge is -2.34. The van der Waals surface area contributed by atoms with E-state index in [0.29, 0.717) is 19.3 Å². The highest BCUT2D eigenvalue weighted by molar-refractivity contribution is 5.77. The summed E-state index contributed by atoms with van der Waals surface area (Å²) >= 11 is 0. The summed E-state index contributed by atoms with van der Waals surface area (Å²) in [5, 5.41) is 7.90. The van der Waals surface area contributed by atoms with Crippen LogP contribution in [0.1, 0.15) is 94.9 Å². The third-order valence-corrected chi connectivity index (χ3v) is 5.93. The van der Waals surface area contributed by atoms with E-state index in [1.807, 2.05) is 57.0 Å². The molecule has 2 aromatic rings. The highest BCUT2D eigenvalue weighted by Crippen LogP contribution is 2.32. The normalized spacial score (nSPS) is 17.2. The average Bonchev–Trinajstić information content (AvgIpc) is 3.10. The zero-order valence-electron chi connectivity index (χ0n) is 19.9. The molecule has 1 N–H and O–H groups in total. The number of likely N-dealkylation sites (tertiary alicyclic amines) is 1. The number of amides is 2. The molecule has 0 aromatic carbocycles. The van der Waals surface area contributed by atoms with E-state index in [4.69, 9.17) is 10.1 Å². The van der Waals surface area contributed by atoms with E-state index >= 15 is 0 Å². The van der Waals surface area contributed by atoms with E-state index in [1.165, 1.54) is 0 Å². The molecule has 170 valence electrons. The van der Waals surface area contributed by atoms with Crippen molar-refractivity contribution in [2.24, 2.45) is 0 Å². The van der Waals surface area contributed by atoms with Gasteiger partial charge < -0.3 is 10.2 Å². The van der Waals surface area contributed by atoms with E-state index < -0.39 is 0 Å². The molecule has 0 bridgehead atoms. The fraction of sp³-hybridized carbons (Fsp3) is 0.667. The van der Waals surface area contributed by atoms with Gasteiger partial charge in [0.15, 0.2) is 5.65 Å². The van der Waals surface area contributed by atoms with Crippen LogP contribution in [-0.2, 0) is 16.0 Å². The number of nitrogens with zero attached hydrogens (tertiary/aromatic N) is 4. The fourth-order valence-corrected chi connectivity index (χ4v) is 4.48. The molecule has 0 spiro atoms. The number of rotatable bonds is 6. The molecule has 3 heterocycles. The Kier molecular flexibility index (Phi) is 7.02. The molecule has 2 aromatic heterocycles. The number of aryl methyl sites for hydroxylation is 2. The Hall–Kier alpha value is -2.44. The van der Waals surface area contributed by atoms with Gasteiger partial charge in [-0.1, -0.05) is 6.92 Å². The van der Waals surface area contributed by atoms with Gasteiger partial charge in [0, 0.05) is 42.4 Å². The Labute approximate surface area is 185 Å². The summed E-state index contributed by atoms with van der Waals surface area (Å²) in [6.45, 7) is 12.8. The second-order valence-corrected chi connectivity index (χ2v) is 9.75. The minimum Gasteiger partial charge on any atom is -0.351 e. The molecule has 7 nitrogen and oxygen atoms in total. The lowest BCUT2D eigenvalue weighted by molar-refractivity contribution is -0.135. The van der Waals surface area contributed by atoms with Crippen molar-refractivity contribution in [3.05, 3.63) is 28.7 Å². The van der Waals surface area contributed by atoms with Gasteiger partial charge in [0.1, 0.15) is 0 Å². The van der Waals surface area contributed by atoms with E-state index in [9.17, 15) is 9.59 Å². The van der Waals surface area contributed by atoms with Gasteiger partial charge in [0.05, 0.1) is 11.7 Å². The second-order valence-electron chi connectivity index (χ2n) is 9.75. The van der Waals surface area contributed by atoms with Crippen LogP contribution >= 0.6 is 0 Å². The number of piperidine rings is 1. The number of carbonyl (C=O) groups excluding carboxylic acids is 2. The summed E-state index contributed by atoms with van der Waals surface area (Å²) in [4.78, 5) is 31.7. The lowest BCUT2D eigenvalue weighted by Crippen LogP contribution is -2.40. The van der Waals surface area contributed by atoms with E-state index in [0.717, 1.165) is 60.5 Å². The van der Waals surface area contributed by atoms with Crippen molar-refractivity contribution >= 4 is 17.5 Å². The quantitative estimate of drug-likeness (QED) is 0.754. The van der Waals surface area contributed by atoms with E-state index in [1.54, 1.807) is 0 Å². The first-order chi connectivity index (χ1) is 14.6. The van der Waals surface area contributed by atoms with Crippen LogP contribution in [0.4, 0.5) is 0 Å². The minimum absolute atomic E-state index is 0.0234. The summed E-state index contributed by atoms with van der Waals surface area (Å²) in [5.41, 5.74) is 4.50. The van der Waals surface area contributed by atoms with Crippen LogP contribution in [0.15, 0.2) is 6.07 Å². The Balaban J connectivity index is 1.86. The van der Waals surface area contributed by atoms with Gasteiger partial charge in [0.25, 0.3) is 0 Å². The van der Waals surface area contributed by atoms with Crippen LogP contribution in [0.3, 0.4) is 0 Å². The SMILES string of the molecule is CCCC(=O)N1CCCC[C@H]1c1cc2nc(C)c(CCC(=O)NC(C)(C)C)c(C)n2n1. The summed E-state index contributed by atoms with van der Waals surface area (Å²) in [6.07, 6.45) is 5.59. The number of hydrogen-bond acceptors (Lipinski definition) is 4. The average molecular weight is 428 g/mol. The van der Waals surface area contributed by atoms with E-state index in [-0.39, 0.29) is 23.4 Å². The smallest absolute Gasteiger partial charge is 0.223 e. The summed E-state index contributed by atoms with van der Waals surface area (Å²) in [7, 11) is 0. The molecule has 0 saturated carbocycles. The molecule has 0 unspecified atom stereocenters. The van der Waals surface area contributed by atoms with Crippen molar-refractivity contribution in [1.29, 1.82) is 0 Å². The number of nitrogens with one attached hydrogen (secondary N) is 1. The van der Waals surface area contributed by atoms with Crippen molar-refractivity contribution in [3.8, 4) is 0 Å². The van der Waals surface area contributed by atoms with Crippen molar-refractivity contribution in [2.75, 3.05) is 6.54 Å². The van der Waals surface area contributed by atoms with Gasteiger partial charge in [-0.05, 0) is 72.3 Å². The predicted molar refractivity (Wildman–Crippen MR) is 122 cm³/mol. The molecule has 7 heteroatoms. The number of hydrogen-bond donors (Lipinski definition) is 1. The lowest BCUT2D eigenvalue weighted by atomic mass is 9.99. The minimum atomic E-state index is -0.235. The van der Waals surface area contributed by atoms with Crippen LogP contribution in [0, 0.1) is 13.8 Å². The third-order valence-electron chi connectivity index (χ3n) is 5.93. The molecule has 1 aliphatic heterocycles. The Bertz CT molecular complexity index is 957. The first-order valence-corrected chi connectivity index (χ1v) is 11.6. The highest BCUT2D eigenvalue weighted by Gasteiger charge is 2.30. The summed E-state index contributed by atoms with van der Waals surface area (Å²) in [6, 6.07) is 2.05. The Morgan fingerprint density at radius 3 is 2.61 bits per heavy atom. The molecule has 1 saturated heterocycles. The zero-order valence-corrected chi connectivity index (χ0v) is 19.9. The fourth-order valence-electron chi connectivity index (χ4n) is 4.48. The largest absolute Gasteiger partial charge is 0.351 e. The van der Waals surface area contributed by atoms with Crippen molar-refractivity contribution < 1.29 is 9.59 Å². The molecular formula is C24H37N5O2. The highest BCUT2D eigenvalue weighted by atomic mass is 16.2. The van der Waals surface area contributed by atoms with Crippen molar-refractivity contribution in [1.82, 2.24) is 24.8 Å². The topological polar surface area (TPSA) is 79.6 Å². The van der Waals surface area contributed by atoms with Gasteiger partial charge in [-0.3, -0.25) is 9.59 Å². The van der Waals surface area contributed by atoms with Gasteiger partial charge in [-0.25, -0.2) is 9.50 Å². The Morgan fingerprint density at radius 1 is 1.19 bits per heavy atom. The molecular weight excluding hydrogens is 390 g/mol. The zero-order chi connectivity index (χ0) is 22.8. The number of carbonyl (C=O) groups is 2. The summed E-state index contributed by atoms with van der Waals surface area (Å²) < 4.78 is 1.89. The van der Waals surface area contributed by atoms with Crippen LogP contribution in [0.2, 0.25) is 0 Å². The first-order valence-electron chi connectivity index (χ1n) is 11.6. The number of aromatic nitrogens is 3. The van der Waals surface area contributed by atoms with Gasteiger partial charge in [-0.2, -0.15) is 5.10 Å². The molecule has 31 heavy (non-hydrogen) atoms. The molecule has 1 aliphatic rings.